The number of carbonyl (C=O) groups is 1. The molecule has 3 heteroatoms. The Kier molecular flexibility index (Phi) is 4.59. The van der Waals surface area contributed by atoms with E-state index in [1.54, 1.807) is 0 Å². The van der Waals surface area contributed by atoms with E-state index in [2.05, 4.69) is 19.2 Å². The van der Waals surface area contributed by atoms with Crippen LogP contribution in [-0.2, 0) is 4.79 Å². The lowest BCUT2D eigenvalue weighted by Gasteiger charge is -2.32. The van der Waals surface area contributed by atoms with E-state index in [4.69, 9.17) is 0 Å². The lowest BCUT2D eigenvalue weighted by molar-refractivity contribution is -0.133. The summed E-state index contributed by atoms with van der Waals surface area (Å²) >= 11 is 0. The maximum absolute atomic E-state index is 12.1. The third kappa shape index (κ3) is 3.44. The largest absolute Gasteiger partial charge is 0.342 e. The quantitative estimate of drug-likeness (QED) is 0.818. The van der Waals surface area contributed by atoms with E-state index < -0.39 is 0 Å². The van der Waals surface area contributed by atoms with Crippen LogP contribution in [0.2, 0.25) is 0 Å². The minimum absolute atomic E-state index is 0.0789. The molecule has 1 aliphatic carbocycles. The van der Waals surface area contributed by atoms with Crippen molar-refractivity contribution < 1.29 is 4.79 Å². The minimum atomic E-state index is -0.0789. The maximum Gasteiger partial charge on any atom is 0.239 e. The highest BCUT2D eigenvalue weighted by Gasteiger charge is 2.36. The van der Waals surface area contributed by atoms with Crippen LogP contribution < -0.4 is 5.32 Å². The zero-order chi connectivity index (χ0) is 13.2. The average molecular weight is 240 g/mol. The molecule has 1 fully saturated rings. The molecule has 1 N–H and O–H groups in total. The first-order valence-electron chi connectivity index (χ1n) is 6.78. The second kappa shape index (κ2) is 5.38. The van der Waals surface area contributed by atoms with Crippen LogP contribution in [0.5, 0.6) is 0 Å². The number of carbonyl (C=O) groups excluding carboxylic acids is 1. The van der Waals surface area contributed by atoms with Crippen LogP contribution in [0.25, 0.3) is 0 Å². The highest BCUT2D eigenvalue weighted by Crippen LogP contribution is 2.37. The van der Waals surface area contributed by atoms with Gasteiger partial charge in [0.15, 0.2) is 0 Å². The number of nitrogens with one attached hydrogen (secondary N) is 1. The lowest BCUT2D eigenvalue weighted by atomic mass is 9.87. The van der Waals surface area contributed by atoms with Gasteiger partial charge in [-0.3, -0.25) is 4.79 Å². The van der Waals surface area contributed by atoms with Crippen molar-refractivity contribution in [3.05, 3.63) is 0 Å². The molecule has 100 valence electrons. The monoisotopic (exact) mass is 240 g/mol. The highest BCUT2D eigenvalue weighted by atomic mass is 16.2. The Morgan fingerprint density at radius 2 is 1.94 bits per heavy atom. The summed E-state index contributed by atoms with van der Waals surface area (Å²) in [6, 6.07) is 0.662. The fraction of sp³-hybridized carbons (Fsp3) is 0.929. The van der Waals surface area contributed by atoms with Crippen molar-refractivity contribution in [1.82, 2.24) is 10.2 Å². The fourth-order valence-corrected chi connectivity index (χ4v) is 2.57. The molecule has 1 amide bonds. The van der Waals surface area contributed by atoms with Crippen LogP contribution in [0, 0.1) is 5.41 Å². The third-order valence-electron chi connectivity index (χ3n) is 4.20. The fourth-order valence-electron chi connectivity index (χ4n) is 2.57. The summed E-state index contributed by atoms with van der Waals surface area (Å²) in [7, 11) is 1.88. The van der Waals surface area contributed by atoms with Crippen LogP contribution in [0.1, 0.15) is 53.9 Å². The van der Waals surface area contributed by atoms with Crippen molar-refractivity contribution in [3.8, 4) is 0 Å². The number of hydrogen-bond acceptors (Lipinski definition) is 2. The van der Waals surface area contributed by atoms with Crippen LogP contribution in [-0.4, -0.2) is 36.0 Å². The van der Waals surface area contributed by atoms with Crippen molar-refractivity contribution in [2.24, 2.45) is 5.41 Å². The van der Waals surface area contributed by atoms with Gasteiger partial charge < -0.3 is 10.2 Å². The zero-order valence-corrected chi connectivity index (χ0v) is 12.2. The summed E-state index contributed by atoms with van der Waals surface area (Å²) in [5, 5.41) is 3.51. The van der Waals surface area contributed by atoms with Crippen molar-refractivity contribution in [1.29, 1.82) is 0 Å². The molecule has 17 heavy (non-hydrogen) atoms. The summed E-state index contributed by atoms with van der Waals surface area (Å²) in [5.74, 6) is 0.197. The molecule has 0 aromatic rings. The number of rotatable bonds is 4. The van der Waals surface area contributed by atoms with Gasteiger partial charge in [0, 0.05) is 19.1 Å². The smallest absolute Gasteiger partial charge is 0.239 e. The highest BCUT2D eigenvalue weighted by molar-refractivity contribution is 5.81. The molecule has 2 atom stereocenters. The standard InChI is InChI=1S/C14H28N2O/c1-10(2)16(6)13(17)11(3)15-12-8-7-9-14(12,4)5/h10-12,15H,7-9H2,1-6H3/t11-,12+/m1/s1. The van der Waals surface area contributed by atoms with E-state index in [1.165, 1.54) is 19.3 Å². The Morgan fingerprint density at radius 1 is 1.35 bits per heavy atom. The number of likely N-dealkylation sites (N-methyl/N-ethyl adjacent to an activating group) is 1. The summed E-state index contributed by atoms with van der Waals surface area (Å²) in [6.07, 6.45) is 3.72. The predicted octanol–water partition coefficient (Wildman–Crippen LogP) is 2.41. The van der Waals surface area contributed by atoms with E-state index in [0.29, 0.717) is 11.5 Å². The van der Waals surface area contributed by atoms with Crippen molar-refractivity contribution in [2.45, 2.75) is 72.0 Å². The molecule has 0 unspecified atom stereocenters. The molecule has 0 aromatic heterocycles. The van der Waals surface area contributed by atoms with Gasteiger partial charge in [0.1, 0.15) is 0 Å². The van der Waals surface area contributed by atoms with Crippen LogP contribution in [0.3, 0.4) is 0 Å². The van der Waals surface area contributed by atoms with Gasteiger partial charge in [0.05, 0.1) is 6.04 Å². The number of amides is 1. The molecule has 0 spiro atoms. The Balaban J connectivity index is 2.54. The summed E-state index contributed by atoms with van der Waals surface area (Å²) in [4.78, 5) is 14.0. The summed E-state index contributed by atoms with van der Waals surface area (Å²) in [6.45, 7) is 10.7. The SMILES string of the molecule is CC(C)N(C)C(=O)[C@@H](C)N[C@H]1CCCC1(C)C. The Bertz CT molecular complexity index is 273. The first-order valence-corrected chi connectivity index (χ1v) is 6.78. The molecule has 0 saturated heterocycles. The normalized spacial score (nSPS) is 25.0. The minimum Gasteiger partial charge on any atom is -0.342 e. The molecule has 1 saturated carbocycles. The first kappa shape index (κ1) is 14.5. The van der Waals surface area contributed by atoms with E-state index in [1.807, 2.05) is 32.7 Å². The van der Waals surface area contributed by atoms with Gasteiger partial charge in [-0.1, -0.05) is 20.3 Å². The van der Waals surface area contributed by atoms with E-state index in [9.17, 15) is 4.79 Å². The van der Waals surface area contributed by atoms with Crippen LogP contribution >= 0.6 is 0 Å². The van der Waals surface area contributed by atoms with Crippen LogP contribution in [0.15, 0.2) is 0 Å². The van der Waals surface area contributed by atoms with Gasteiger partial charge in [-0.25, -0.2) is 0 Å². The maximum atomic E-state index is 12.1. The van der Waals surface area contributed by atoms with E-state index >= 15 is 0 Å². The van der Waals surface area contributed by atoms with Crippen molar-refractivity contribution >= 4 is 5.91 Å². The van der Waals surface area contributed by atoms with Gasteiger partial charge in [-0.2, -0.15) is 0 Å². The average Bonchev–Trinajstić information content (AvgIpc) is 2.56. The predicted molar refractivity (Wildman–Crippen MR) is 71.9 cm³/mol. The first-order chi connectivity index (χ1) is 7.75. The van der Waals surface area contributed by atoms with Crippen molar-refractivity contribution in [3.63, 3.8) is 0 Å². The lowest BCUT2D eigenvalue weighted by Crippen LogP contribution is -2.51. The molecule has 0 aliphatic heterocycles. The summed E-state index contributed by atoms with van der Waals surface area (Å²) < 4.78 is 0. The molecule has 0 radical (unpaired) electrons. The van der Waals surface area contributed by atoms with Gasteiger partial charge >= 0.3 is 0 Å². The third-order valence-corrected chi connectivity index (χ3v) is 4.20. The summed E-state index contributed by atoms with van der Waals surface area (Å²) in [5.41, 5.74) is 0.324. The molecule has 0 heterocycles. The number of hydrogen-bond donors (Lipinski definition) is 1. The molecule has 1 rings (SSSR count). The van der Waals surface area contributed by atoms with Gasteiger partial charge in [-0.05, 0) is 39.0 Å². The molecule has 0 aromatic carbocycles. The zero-order valence-electron chi connectivity index (χ0n) is 12.2. The van der Waals surface area contributed by atoms with Gasteiger partial charge in [0.2, 0.25) is 5.91 Å². The van der Waals surface area contributed by atoms with Gasteiger partial charge in [-0.15, -0.1) is 0 Å². The Hall–Kier alpha value is -0.570. The van der Waals surface area contributed by atoms with Crippen molar-refractivity contribution in [2.75, 3.05) is 7.05 Å². The molecular formula is C14H28N2O. The molecule has 3 nitrogen and oxygen atoms in total. The van der Waals surface area contributed by atoms with Gasteiger partial charge in [0.25, 0.3) is 0 Å². The number of nitrogens with zero attached hydrogens (tertiary/aromatic N) is 1. The Morgan fingerprint density at radius 3 is 2.35 bits per heavy atom. The second-order valence-corrected chi connectivity index (χ2v) is 6.36. The second-order valence-electron chi connectivity index (χ2n) is 6.36. The topological polar surface area (TPSA) is 32.3 Å². The van der Waals surface area contributed by atoms with E-state index in [0.717, 1.165) is 0 Å². The molecule has 1 aliphatic rings. The van der Waals surface area contributed by atoms with E-state index in [-0.39, 0.29) is 18.0 Å². The molecular weight excluding hydrogens is 212 g/mol. The van der Waals surface area contributed by atoms with Crippen LogP contribution in [0.4, 0.5) is 0 Å². The Labute approximate surface area is 106 Å². The molecule has 0 bridgehead atoms.